The fourth-order valence-electron chi connectivity index (χ4n) is 3.36. The van der Waals surface area contributed by atoms with Gasteiger partial charge in [0.2, 0.25) is 0 Å². The fourth-order valence-corrected chi connectivity index (χ4v) is 3.36. The molecule has 3 aromatic heterocycles. The average Bonchev–Trinajstić information content (AvgIpc) is 3.23. The fraction of sp³-hybridized carbons (Fsp3) is 0.444. The first-order valence-electron chi connectivity index (χ1n) is 9.07. The van der Waals surface area contributed by atoms with Crippen molar-refractivity contribution in [1.29, 1.82) is 0 Å². The molecule has 9 heteroatoms. The van der Waals surface area contributed by atoms with Crippen molar-refractivity contribution in [1.82, 2.24) is 34.2 Å². The maximum Gasteiger partial charge on any atom is 0.285 e. The Morgan fingerprint density at radius 2 is 2.15 bits per heavy atom. The molecule has 3 aromatic rings. The molecule has 142 valence electrons. The van der Waals surface area contributed by atoms with Crippen LogP contribution in [0.4, 0.5) is 0 Å². The van der Waals surface area contributed by atoms with Gasteiger partial charge < -0.3 is 9.80 Å². The van der Waals surface area contributed by atoms with E-state index >= 15 is 0 Å². The minimum atomic E-state index is -0.373. The Balaban J connectivity index is 1.58. The van der Waals surface area contributed by atoms with E-state index in [1.54, 1.807) is 11.0 Å². The lowest BCUT2D eigenvalue weighted by Gasteiger charge is -2.27. The maximum atomic E-state index is 12.9. The molecule has 0 aliphatic carbocycles. The molecular formula is C18H23N7O2. The van der Waals surface area contributed by atoms with E-state index in [4.69, 9.17) is 0 Å². The number of rotatable bonds is 4. The Morgan fingerprint density at radius 1 is 1.33 bits per heavy atom. The van der Waals surface area contributed by atoms with Crippen LogP contribution in [0.3, 0.4) is 0 Å². The molecule has 0 fully saturated rings. The topological polar surface area (TPSA) is 91.5 Å². The molecule has 27 heavy (non-hydrogen) atoms. The third-order valence-electron chi connectivity index (χ3n) is 4.96. The quantitative estimate of drug-likeness (QED) is 0.729. The number of nitrogens with one attached hydrogen (secondary N) is 1. The van der Waals surface area contributed by atoms with Crippen LogP contribution in [0.15, 0.2) is 23.1 Å². The second-order valence-electron chi connectivity index (χ2n) is 7.02. The number of nitrogens with zero attached hydrogens (tertiary/aromatic N) is 6. The third-order valence-corrected chi connectivity index (χ3v) is 4.96. The number of carbonyl (C=O) groups excluding carboxylic acids is 1. The Bertz CT molecular complexity index is 1060. The van der Waals surface area contributed by atoms with E-state index in [1.807, 2.05) is 24.7 Å². The summed E-state index contributed by atoms with van der Waals surface area (Å²) < 4.78 is 3.26. The number of amides is 1. The summed E-state index contributed by atoms with van der Waals surface area (Å²) in [5.41, 5.74) is 3.01. The molecule has 4 heterocycles. The van der Waals surface area contributed by atoms with E-state index in [-0.39, 0.29) is 17.0 Å². The number of aromatic amines is 1. The lowest BCUT2D eigenvalue weighted by molar-refractivity contribution is 0.0703. The molecule has 0 saturated carbocycles. The summed E-state index contributed by atoms with van der Waals surface area (Å²) in [5.74, 6) is -0.297. The molecule has 0 radical (unpaired) electrons. The van der Waals surface area contributed by atoms with Gasteiger partial charge in [0.15, 0.2) is 5.65 Å². The van der Waals surface area contributed by atoms with Gasteiger partial charge >= 0.3 is 0 Å². The monoisotopic (exact) mass is 369 g/mol. The molecule has 4 rings (SSSR count). The summed E-state index contributed by atoms with van der Waals surface area (Å²) >= 11 is 0. The van der Waals surface area contributed by atoms with E-state index in [2.05, 4.69) is 27.0 Å². The summed E-state index contributed by atoms with van der Waals surface area (Å²) in [4.78, 5) is 33.7. The van der Waals surface area contributed by atoms with Crippen LogP contribution in [0.2, 0.25) is 0 Å². The van der Waals surface area contributed by atoms with Gasteiger partial charge in [-0.2, -0.15) is 5.10 Å². The Labute approximate surface area is 156 Å². The SMILES string of the molecule is CCN(C)Cc1cc2n(n1)CCN(C(=O)c1cnc3cc(C)[nH]n3c1=O)C2. The van der Waals surface area contributed by atoms with Gasteiger partial charge in [0, 0.05) is 31.0 Å². The molecule has 1 aliphatic heterocycles. The number of hydrogen-bond donors (Lipinski definition) is 1. The highest BCUT2D eigenvalue weighted by atomic mass is 16.2. The van der Waals surface area contributed by atoms with Gasteiger partial charge in [0.1, 0.15) is 5.56 Å². The van der Waals surface area contributed by atoms with Crippen molar-refractivity contribution in [3.05, 3.63) is 51.3 Å². The minimum Gasteiger partial charge on any atom is -0.331 e. The predicted octanol–water partition coefficient (Wildman–Crippen LogP) is 0.635. The summed E-state index contributed by atoms with van der Waals surface area (Å²) in [6, 6.07) is 3.80. The lowest BCUT2D eigenvalue weighted by atomic mass is 10.2. The zero-order chi connectivity index (χ0) is 19.1. The van der Waals surface area contributed by atoms with E-state index < -0.39 is 0 Å². The first-order valence-corrected chi connectivity index (χ1v) is 9.07. The van der Waals surface area contributed by atoms with Gasteiger partial charge in [-0.05, 0) is 26.6 Å². The number of hydrogen-bond acceptors (Lipinski definition) is 5. The van der Waals surface area contributed by atoms with E-state index in [0.29, 0.717) is 25.3 Å². The summed E-state index contributed by atoms with van der Waals surface area (Å²) in [5, 5.41) is 7.54. The number of aryl methyl sites for hydroxylation is 1. The highest BCUT2D eigenvalue weighted by Gasteiger charge is 2.26. The van der Waals surface area contributed by atoms with E-state index in [9.17, 15) is 9.59 Å². The van der Waals surface area contributed by atoms with Crippen LogP contribution in [-0.4, -0.2) is 60.2 Å². The van der Waals surface area contributed by atoms with Crippen molar-refractivity contribution in [2.45, 2.75) is 33.5 Å². The van der Waals surface area contributed by atoms with Crippen LogP contribution >= 0.6 is 0 Å². The molecular weight excluding hydrogens is 346 g/mol. The van der Waals surface area contributed by atoms with Gasteiger partial charge in [0.25, 0.3) is 11.5 Å². The van der Waals surface area contributed by atoms with Gasteiger partial charge in [0.05, 0.1) is 24.5 Å². The molecule has 9 nitrogen and oxygen atoms in total. The molecule has 1 N–H and O–H groups in total. The van der Waals surface area contributed by atoms with Crippen LogP contribution in [0.5, 0.6) is 0 Å². The molecule has 0 bridgehead atoms. The Hall–Kier alpha value is -2.94. The third kappa shape index (κ3) is 3.14. The van der Waals surface area contributed by atoms with Crippen molar-refractivity contribution in [3.63, 3.8) is 0 Å². The highest BCUT2D eigenvalue weighted by molar-refractivity contribution is 5.93. The van der Waals surface area contributed by atoms with Crippen LogP contribution in [0.1, 0.15) is 34.4 Å². The second-order valence-corrected chi connectivity index (χ2v) is 7.02. The number of carbonyl (C=O) groups is 1. The maximum absolute atomic E-state index is 12.9. The first-order chi connectivity index (χ1) is 13.0. The van der Waals surface area contributed by atoms with Crippen molar-refractivity contribution >= 4 is 11.6 Å². The predicted molar refractivity (Wildman–Crippen MR) is 99.5 cm³/mol. The molecule has 1 aliphatic rings. The minimum absolute atomic E-state index is 0.0771. The van der Waals surface area contributed by atoms with Crippen LogP contribution < -0.4 is 5.56 Å². The van der Waals surface area contributed by atoms with Gasteiger partial charge in [-0.25, -0.2) is 9.50 Å². The Morgan fingerprint density at radius 3 is 2.93 bits per heavy atom. The van der Waals surface area contributed by atoms with Crippen LogP contribution in [0.25, 0.3) is 5.65 Å². The number of aromatic nitrogens is 5. The number of fused-ring (bicyclic) bond motifs is 2. The van der Waals surface area contributed by atoms with Gasteiger partial charge in [-0.15, -0.1) is 0 Å². The van der Waals surface area contributed by atoms with Crippen molar-refractivity contribution < 1.29 is 4.79 Å². The van der Waals surface area contributed by atoms with Gasteiger partial charge in [-0.1, -0.05) is 6.92 Å². The summed E-state index contributed by atoms with van der Waals surface area (Å²) in [6.45, 7) is 7.25. The lowest BCUT2D eigenvalue weighted by Crippen LogP contribution is -2.41. The molecule has 0 aromatic carbocycles. The zero-order valence-corrected chi connectivity index (χ0v) is 15.8. The van der Waals surface area contributed by atoms with Gasteiger partial charge in [-0.3, -0.25) is 19.4 Å². The number of H-pyrrole nitrogens is 1. The van der Waals surface area contributed by atoms with Crippen LogP contribution in [0, 0.1) is 6.92 Å². The normalized spacial score (nSPS) is 14.1. The Kier molecular flexibility index (Phi) is 4.31. The molecule has 0 spiro atoms. The van der Waals surface area contributed by atoms with Crippen LogP contribution in [-0.2, 0) is 19.6 Å². The summed E-state index contributed by atoms with van der Waals surface area (Å²) in [7, 11) is 2.05. The molecule has 0 atom stereocenters. The zero-order valence-electron chi connectivity index (χ0n) is 15.8. The highest BCUT2D eigenvalue weighted by Crippen LogP contribution is 2.16. The second kappa shape index (κ2) is 6.66. The molecule has 1 amide bonds. The molecule has 0 saturated heterocycles. The van der Waals surface area contributed by atoms with E-state index in [0.717, 1.165) is 30.2 Å². The smallest absolute Gasteiger partial charge is 0.285 e. The summed E-state index contributed by atoms with van der Waals surface area (Å²) in [6.07, 6.45) is 1.38. The standard InChI is InChI=1S/C18H23N7O2/c1-4-22(3)10-13-8-14-11-23(5-6-24(14)21-13)17(26)15-9-19-16-7-12(2)20-25(16)18(15)27/h7-9,20H,4-6,10-11H2,1-3H3. The molecule has 0 unspecified atom stereocenters. The largest absolute Gasteiger partial charge is 0.331 e. The van der Waals surface area contributed by atoms with Crippen molar-refractivity contribution in [3.8, 4) is 0 Å². The first kappa shape index (κ1) is 17.5. The van der Waals surface area contributed by atoms with E-state index in [1.165, 1.54) is 10.7 Å². The average molecular weight is 369 g/mol. The van der Waals surface area contributed by atoms with Crippen molar-refractivity contribution in [2.24, 2.45) is 0 Å². The van der Waals surface area contributed by atoms with Crippen molar-refractivity contribution in [2.75, 3.05) is 20.1 Å².